The van der Waals surface area contributed by atoms with Crippen molar-refractivity contribution in [2.45, 2.75) is 200 Å². The fourth-order valence-electron chi connectivity index (χ4n) is 5.59. The van der Waals surface area contributed by atoms with Gasteiger partial charge >= 0.3 is 7.82 Å². The van der Waals surface area contributed by atoms with Gasteiger partial charge in [-0.15, -0.1) is 0 Å². The van der Waals surface area contributed by atoms with Crippen molar-refractivity contribution in [1.82, 2.24) is 0 Å². The topological polar surface area (TPSA) is 85.2 Å². The van der Waals surface area contributed by atoms with Gasteiger partial charge in [0.1, 0.15) is 6.10 Å². The van der Waals surface area contributed by atoms with Crippen LogP contribution in [0.2, 0.25) is 0 Å². The van der Waals surface area contributed by atoms with E-state index in [1.165, 1.54) is 154 Å². The van der Waals surface area contributed by atoms with E-state index in [4.69, 9.17) is 23.8 Å². The van der Waals surface area contributed by atoms with Gasteiger partial charge in [-0.05, 0) is 64.2 Å². The Balaban J connectivity index is 3.70. The Hall–Kier alpha value is -0.490. The molecule has 0 aliphatic rings. The lowest BCUT2D eigenvalue weighted by molar-refractivity contribution is -0.0429. The van der Waals surface area contributed by atoms with E-state index in [0.717, 1.165) is 25.7 Å². The van der Waals surface area contributed by atoms with Crippen molar-refractivity contribution in [3.05, 3.63) is 24.3 Å². The van der Waals surface area contributed by atoms with Crippen LogP contribution in [0.25, 0.3) is 0 Å². The highest BCUT2D eigenvalue weighted by Crippen LogP contribution is 2.35. The molecule has 0 aliphatic carbocycles. The van der Waals surface area contributed by atoms with Crippen LogP contribution in [-0.2, 0) is 18.6 Å². The second kappa shape index (κ2) is 37.3. The van der Waals surface area contributed by atoms with E-state index in [0.29, 0.717) is 19.8 Å². The highest BCUT2D eigenvalue weighted by molar-refractivity contribution is 7.46. The molecule has 7 heteroatoms. The van der Waals surface area contributed by atoms with Gasteiger partial charge in [0.05, 0.1) is 13.2 Å². The predicted octanol–water partition coefficient (Wildman–Crippen LogP) is 12.6. The SMILES string of the molecule is CCCCCCCC/C=C\CCCCCCCCOC[C@H](COP(=O)(O)O)OCCCCCCCC/C=C\CCCCCCCC. The molecule has 0 aromatic heterocycles. The summed E-state index contributed by atoms with van der Waals surface area (Å²) in [6, 6.07) is 0. The number of hydrogen-bond acceptors (Lipinski definition) is 4. The zero-order valence-corrected chi connectivity index (χ0v) is 31.4. The van der Waals surface area contributed by atoms with Crippen LogP contribution in [0.3, 0.4) is 0 Å². The lowest BCUT2D eigenvalue weighted by Crippen LogP contribution is -2.26. The van der Waals surface area contributed by atoms with Crippen molar-refractivity contribution in [2.24, 2.45) is 0 Å². The van der Waals surface area contributed by atoms with E-state index in [1.807, 2.05) is 0 Å². The van der Waals surface area contributed by atoms with E-state index in [2.05, 4.69) is 38.2 Å². The zero-order chi connectivity index (χ0) is 33.7. The van der Waals surface area contributed by atoms with Gasteiger partial charge in [0, 0.05) is 13.2 Å². The van der Waals surface area contributed by atoms with Crippen LogP contribution in [0.1, 0.15) is 194 Å². The molecule has 0 rings (SSSR count). The van der Waals surface area contributed by atoms with Crippen LogP contribution in [-0.4, -0.2) is 42.3 Å². The van der Waals surface area contributed by atoms with Crippen molar-refractivity contribution in [3.8, 4) is 0 Å². The van der Waals surface area contributed by atoms with Gasteiger partial charge < -0.3 is 19.3 Å². The summed E-state index contributed by atoms with van der Waals surface area (Å²) in [5.41, 5.74) is 0. The van der Waals surface area contributed by atoms with E-state index in [9.17, 15) is 4.57 Å². The summed E-state index contributed by atoms with van der Waals surface area (Å²) in [5, 5.41) is 0. The van der Waals surface area contributed by atoms with Gasteiger partial charge in [-0.25, -0.2) is 4.57 Å². The molecule has 0 aromatic carbocycles. The van der Waals surface area contributed by atoms with E-state index in [-0.39, 0.29) is 6.61 Å². The minimum atomic E-state index is -4.52. The molecule has 0 heterocycles. The molecule has 46 heavy (non-hydrogen) atoms. The average molecular weight is 673 g/mol. The van der Waals surface area contributed by atoms with Gasteiger partial charge in [-0.1, -0.05) is 154 Å². The number of rotatable bonds is 38. The Morgan fingerprint density at radius 1 is 0.478 bits per heavy atom. The van der Waals surface area contributed by atoms with Gasteiger partial charge in [-0.3, -0.25) is 4.52 Å². The number of unbranched alkanes of at least 4 members (excludes halogenated alkanes) is 24. The lowest BCUT2D eigenvalue weighted by Gasteiger charge is -2.18. The summed E-state index contributed by atoms with van der Waals surface area (Å²) in [6.07, 6.45) is 44.5. The summed E-state index contributed by atoms with van der Waals surface area (Å²) in [4.78, 5) is 18.2. The third-order valence-corrected chi connectivity index (χ3v) is 9.03. The van der Waals surface area contributed by atoms with Crippen LogP contribution in [0.4, 0.5) is 0 Å². The van der Waals surface area contributed by atoms with Crippen LogP contribution in [0.15, 0.2) is 24.3 Å². The van der Waals surface area contributed by atoms with Crippen LogP contribution < -0.4 is 0 Å². The molecule has 2 N–H and O–H groups in total. The average Bonchev–Trinajstić information content (AvgIpc) is 3.03. The third-order valence-electron chi connectivity index (χ3n) is 8.54. The first kappa shape index (κ1) is 45.5. The summed E-state index contributed by atoms with van der Waals surface area (Å²) in [5.74, 6) is 0. The molecule has 0 bridgehead atoms. The molecular weight excluding hydrogens is 595 g/mol. The largest absolute Gasteiger partial charge is 0.469 e. The predicted molar refractivity (Wildman–Crippen MR) is 197 cm³/mol. The standard InChI is InChI=1S/C39H77O6P/c1-3-5-7-9-11-13-15-17-19-21-23-25-27-29-31-33-35-43-37-39(38-45-46(40,41)42)44-36-34-32-30-28-26-24-22-20-18-16-14-12-10-8-6-4-2/h17-20,39H,3-16,21-38H2,1-2H3,(H2,40,41,42)/b19-17-,20-18-/t39-/m1/s1. The van der Waals surface area contributed by atoms with Gasteiger partial charge in [0.25, 0.3) is 0 Å². The minimum Gasteiger partial charge on any atom is -0.379 e. The Labute approximate surface area is 286 Å². The molecule has 6 nitrogen and oxygen atoms in total. The molecule has 0 aliphatic heterocycles. The first-order valence-corrected chi connectivity index (χ1v) is 21.2. The summed E-state index contributed by atoms with van der Waals surface area (Å²) in [7, 11) is -4.52. The maximum absolute atomic E-state index is 11.2. The Kier molecular flexibility index (Phi) is 36.9. The monoisotopic (exact) mass is 673 g/mol. The number of allylic oxidation sites excluding steroid dienone is 4. The highest BCUT2D eigenvalue weighted by Gasteiger charge is 2.19. The molecule has 0 amide bonds. The Bertz CT molecular complexity index is 692. The van der Waals surface area contributed by atoms with Crippen molar-refractivity contribution in [2.75, 3.05) is 26.4 Å². The second-order valence-corrected chi connectivity index (χ2v) is 14.5. The molecule has 274 valence electrons. The number of ether oxygens (including phenoxy) is 2. The van der Waals surface area contributed by atoms with Crippen molar-refractivity contribution in [3.63, 3.8) is 0 Å². The number of hydrogen-bond donors (Lipinski definition) is 2. The van der Waals surface area contributed by atoms with Gasteiger partial charge in [0.15, 0.2) is 0 Å². The molecule has 0 saturated heterocycles. The normalized spacial score (nSPS) is 13.0. The highest BCUT2D eigenvalue weighted by atomic mass is 31.2. The third kappa shape index (κ3) is 39.7. The van der Waals surface area contributed by atoms with Gasteiger partial charge in [0.2, 0.25) is 0 Å². The fourth-order valence-corrected chi connectivity index (χ4v) is 5.95. The van der Waals surface area contributed by atoms with Crippen molar-refractivity contribution >= 4 is 7.82 Å². The second-order valence-electron chi connectivity index (χ2n) is 13.2. The summed E-state index contributed by atoms with van der Waals surface area (Å²) in [6.45, 7) is 5.90. The first-order chi connectivity index (χ1) is 22.5. The molecule has 0 aromatic rings. The molecule has 0 unspecified atom stereocenters. The van der Waals surface area contributed by atoms with E-state index < -0.39 is 13.9 Å². The lowest BCUT2D eigenvalue weighted by atomic mass is 10.1. The molecular formula is C39H77O6P. The molecule has 1 atom stereocenters. The maximum Gasteiger partial charge on any atom is 0.469 e. The molecule has 0 spiro atoms. The quantitative estimate of drug-likeness (QED) is 0.0386. The molecule has 0 fully saturated rings. The van der Waals surface area contributed by atoms with Crippen molar-refractivity contribution < 1.29 is 28.3 Å². The van der Waals surface area contributed by atoms with Crippen LogP contribution >= 0.6 is 7.82 Å². The summed E-state index contributed by atoms with van der Waals surface area (Å²) < 4.78 is 27.6. The molecule has 0 radical (unpaired) electrons. The fraction of sp³-hybridized carbons (Fsp3) is 0.897. The zero-order valence-electron chi connectivity index (χ0n) is 30.5. The van der Waals surface area contributed by atoms with Crippen LogP contribution in [0, 0.1) is 0 Å². The van der Waals surface area contributed by atoms with E-state index in [1.54, 1.807) is 0 Å². The Morgan fingerprint density at radius 2 is 0.826 bits per heavy atom. The first-order valence-electron chi connectivity index (χ1n) is 19.7. The molecule has 0 saturated carbocycles. The van der Waals surface area contributed by atoms with Crippen LogP contribution in [0.5, 0.6) is 0 Å². The maximum atomic E-state index is 11.2. The van der Waals surface area contributed by atoms with Gasteiger partial charge in [-0.2, -0.15) is 0 Å². The summed E-state index contributed by atoms with van der Waals surface area (Å²) >= 11 is 0. The van der Waals surface area contributed by atoms with Crippen molar-refractivity contribution in [1.29, 1.82) is 0 Å². The Morgan fingerprint density at radius 3 is 1.22 bits per heavy atom. The van der Waals surface area contributed by atoms with E-state index >= 15 is 0 Å². The number of phosphoric ester groups is 1. The number of phosphoric acid groups is 1. The minimum absolute atomic E-state index is 0.149. The smallest absolute Gasteiger partial charge is 0.379 e.